The number of rotatable bonds is 6. The third kappa shape index (κ3) is 4.62. The molecular formula is C12H20N4O3. The van der Waals surface area contributed by atoms with Gasteiger partial charge in [0, 0.05) is 32.3 Å². The summed E-state index contributed by atoms with van der Waals surface area (Å²) in [6.45, 7) is 3.36. The third-order valence-electron chi connectivity index (χ3n) is 2.87. The number of anilines is 1. The number of carbonyl (C=O) groups excluding carboxylic acids is 1. The summed E-state index contributed by atoms with van der Waals surface area (Å²) in [5, 5.41) is 10.2. The second kappa shape index (κ2) is 7.22. The number of aromatic nitrogens is 2. The molecule has 0 aromatic carbocycles. The largest absolute Gasteiger partial charge is 0.383 e. The van der Waals surface area contributed by atoms with Gasteiger partial charge in [-0.2, -0.15) is 5.10 Å². The van der Waals surface area contributed by atoms with Gasteiger partial charge in [-0.25, -0.2) is 0 Å². The molecule has 1 saturated heterocycles. The molecule has 1 aromatic rings. The Morgan fingerprint density at radius 2 is 2.63 bits per heavy atom. The van der Waals surface area contributed by atoms with Crippen LogP contribution in [0.15, 0.2) is 12.4 Å². The quantitative estimate of drug-likeness (QED) is 0.750. The zero-order valence-corrected chi connectivity index (χ0v) is 11.1. The maximum absolute atomic E-state index is 11.8. The zero-order chi connectivity index (χ0) is 13.5. The monoisotopic (exact) mass is 268 g/mol. The second-order valence-electron chi connectivity index (χ2n) is 4.46. The number of carbonyl (C=O) groups is 1. The average molecular weight is 268 g/mol. The number of morpholine rings is 1. The Bertz CT molecular complexity index is 401. The molecular weight excluding hydrogens is 248 g/mol. The molecule has 1 aliphatic heterocycles. The van der Waals surface area contributed by atoms with E-state index in [2.05, 4.69) is 15.7 Å². The first-order valence-corrected chi connectivity index (χ1v) is 6.40. The first kappa shape index (κ1) is 14.0. The number of amides is 1. The number of nitrogens with zero attached hydrogens (tertiary/aromatic N) is 2. The lowest BCUT2D eigenvalue weighted by Gasteiger charge is -2.23. The lowest BCUT2D eigenvalue weighted by atomic mass is 10.2. The fourth-order valence-electron chi connectivity index (χ4n) is 1.92. The minimum atomic E-state index is -0.0331. The van der Waals surface area contributed by atoms with Crippen molar-refractivity contribution in [2.24, 2.45) is 0 Å². The number of hydrogen-bond acceptors (Lipinski definition) is 5. The number of nitrogens with one attached hydrogen (secondary N) is 2. The molecule has 1 unspecified atom stereocenters. The fourth-order valence-corrected chi connectivity index (χ4v) is 1.92. The van der Waals surface area contributed by atoms with Crippen LogP contribution in [-0.4, -0.2) is 55.2 Å². The lowest BCUT2D eigenvalue weighted by Crippen LogP contribution is -2.43. The van der Waals surface area contributed by atoms with Crippen LogP contribution in [0.1, 0.15) is 6.42 Å². The Kier molecular flexibility index (Phi) is 5.31. The SMILES string of the molecule is COCCn1cc(NC(=O)CC2COCCN2)cn1. The van der Waals surface area contributed by atoms with Crippen LogP contribution < -0.4 is 10.6 Å². The van der Waals surface area contributed by atoms with Crippen molar-refractivity contribution in [1.29, 1.82) is 0 Å². The van der Waals surface area contributed by atoms with Gasteiger partial charge in [-0.1, -0.05) is 0 Å². The molecule has 7 heteroatoms. The van der Waals surface area contributed by atoms with Crippen molar-refractivity contribution in [2.75, 3.05) is 38.8 Å². The van der Waals surface area contributed by atoms with Crippen LogP contribution in [0.25, 0.3) is 0 Å². The topological polar surface area (TPSA) is 77.4 Å². The van der Waals surface area contributed by atoms with Gasteiger partial charge < -0.3 is 20.1 Å². The summed E-state index contributed by atoms with van der Waals surface area (Å²) in [4.78, 5) is 11.8. The third-order valence-corrected chi connectivity index (χ3v) is 2.87. The van der Waals surface area contributed by atoms with E-state index in [0.29, 0.717) is 38.5 Å². The summed E-state index contributed by atoms with van der Waals surface area (Å²) in [6.07, 6.45) is 3.84. The van der Waals surface area contributed by atoms with Crippen LogP contribution >= 0.6 is 0 Å². The number of ether oxygens (including phenoxy) is 2. The molecule has 2 rings (SSSR count). The molecule has 19 heavy (non-hydrogen) atoms. The summed E-state index contributed by atoms with van der Waals surface area (Å²) >= 11 is 0. The Balaban J connectivity index is 1.76. The summed E-state index contributed by atoms with van der Waals surface area (Å²) in [6, 6.07) is 0.0947. The number of methoxy groups -OCH3 is 1. The summed E-state index contributed by atoms with van der Waals surface area (Å²) < 4.78 is 12.0. The molecule has 1 aliphatic rings. The van der Waals surface area contributed by atoms with Crippen molar-refractivity contribution < 1.29 is 14.3 Å². The van der Waals surface area contributed by atoms with E-state index < -0.39 is 0 Å². The number of hydrogen-bond donors (Lipinski definition) is 2. The highest BCUT2D eigenvalue weighted by molar-refractivity contribution is 5.90. The van der Waals surface area contributed by atoms with Gasteiger partial charge in [0.05, 0.1) is 38.2 Å². The molecule has 1 amide bonds. The molecule has 0 saturated carbocycles. The highest BCUT2D eigenvalue weighted by Gasteiger charge is 2.17. The van der Waals surface area contributed by atoms with Crippen molar-refractivity contribution in [1.82, 2.24) is 15.1 Å². The smallest absolute Gasteiger partial charge is 0.226 e. The Morgan fingerprint density at radius 3 is 3.37 bits per heavy atom. The van der Waals surface area contributed by atoms with Gasteiger partial charge >= 0.3 is 0 Å². The molecule has 0 aliphatic carbocycles. The van der Waals surface area contributed by atoms with Crippen LogP contribution in [0.4, 0.5) is 5.69 Å². The van der Waals surface area contributed by atoms with Crippen molar-refractivity contribution in [3.8, 4) is 0 Å². The molecule has 0 radical (unpaired) electrons. The molecule has 1 fully saturated rings. The molecule has 0 bridgehead atoms. The van der Waals surface area contributed by atoms with Crippen molar-refractivity contribution in [2.45, 2.75) is 19.0 Å². The van der Waals surface area contributed by atoms with E-state index in [4.69, 9.17) is 9.47 Å². The fraction of sp³-hybridized carbons (Fsp3) is 0.667. The Labute approximate surface area is 112 Å². The minimum Gasteiger partial charge on any atom is -0.383 e. The minimum absolute atomic E-state index is 0.0331. The maximum Gasteiger partial charge on any atom is 0.226 e. The van der Waals surface area contributed by atoms with Crippen molar-refractivity contribution in [3.63, 3.8) is 0 Å². The van der Waals surface area contributed by atoms with Crippen molar-refractivity contribution >= 4 is 11.6 Å². The summed E-state index contributed by atoms with van der Waals surface area (Å²) in [7, 11) is 1.64. The second-order valence-corrected chi connectivity index (χ2v) is 4.46. The van der Waals surface area contributed by atoms with Crippen LogP contribution in [0, 0.1) is 0 Å². The highest BCUT2D eigenvalue weighted by Crippen LogP contribution is 2.07. The Hall–Kier alpha value is -1.44. The van der Waals surface area contributed by atoms with Crippen LogP contribution in [-0.2, 0) is 20.8 Å². The van der Waals surface area contributed by atoms with Crippen molar-refractivity contribution in [3.05, 3.63) is 12.4 Å². The first-order valence-electron chi connectivity index (χ1n) is 6.40. The van der Waals surface area contributed by atoms with E-state index in [9.17, 15) is 4.79 Å². The van der Waals surface area contributed by atoms with Gasteiger partial charge in [-0.05, 0) is 0 Å². The van der Waals surface area contributed by atoms with Gasteiger partial charge in [-0.3, -0.25) is 9.48 Å². The molecule has 1 aromatic heterocycles. The molecule has 7 nitrogen and oxygen atoms in total. The van der Waals surface area contributed by atoms with Gasteiger partial charge in [-0.15, -0.1) is 0 Å². The van der Waals surface area contributed by atoms with E-state index >= 15 is 0 Å². The predicted molar refractivity (Wildman–Crippen MR) is 70.0 cm³/mol. The zero-order valence-electron chi connectivity index (χ0n) is 11.1. The first-order chi connectivity index (χ1) is 9.28. The van der Waals surface area contributed by atoms with Gasteiger partial charge in [0.25, 0.3) is 0 Å². The van der Waals surface area contributed by atoms with Gasteiger partial charge in [0.1, 0.15) is 0 Å². The lowest BCUT2D eigenvalue weighted by molar-refractivity contribution is -0.117. The van der Waals surface area contributed by atoms with E-state index in [0.717, 1.165) is 6.54 Å². The maximum atomic E-state index is 11.8. The molecule has 0 spiro atoms. The van der Waals surface area contributed by atoms with E-state index in [1.54, 1.807) is 24.2 Å². The van der Waals surface area contributed by atoms with E-state index in [1.165, 1.54) is 0 Å². The van der Waals surface area contributed by atoms with Gasteiger partial charge in [0.15, 0.2) is 0 Å². The van der Waals surface area contributed by atoms with E-state index in [-0.39, 0.29) is 11.9 Å². The predicted octanol–water partition coefficient (Wildman–Crippen LogP) is -0.153. The standard InChI is InChI=1S/C12H20N4O3/c1-18-5-3-16-8-11(7-14-16)15-12(17)6-10-9-19-4-2-13-10/h7-8,10,13H,2-6,9H2,1H3,(H,15,17). The average Bonchev–Trinajstić information content (AvgIpc) is 2.85. The van der Waals surface area contributed by atoms with E-state index in [1.807, 2.05) is 0 Å². The molecule has 1 atom stereocenters. The normalized spacial score (nSPS) is 19.3. The van der Waals surface area contributed by atoms with Crippen LogP contribution in [0.5, 0.6) is 0 Å². The van der Waals surface area contributed by atoms with Gasteiger partial charge in [0.2, 0.25) is 5.91 Å². The molecule has 2 N–H and O–H groups in total. The van der Waals surface area contributed by atoms with Crippen LogP contribution in [0.3, 0.4) is 0 Å². The molecule has 106 valence electrons. The molecule has 2 heterocycles. The van der Waals surface area contributed by atoms with Crippen LogP contribution in [0.2, 0.25) is 0 Å². The highest BCUT2D eigenvalue weighted by atomic mass is 16.5. The summed E-state index contributed by atoms with van der Waals surface area (Å²) in [5.41, 5.74) is 0.706. The summed E-state index contributed by atoms with van der Waals surface area (Å²) in [5.74, 6) is -0.0331. The Morgan fingerprint density at radius 1 is 1.74 bits per heavy atom.